The number of benzene rings is 1. The molecule has 1 aromatic carbocycles. The normalized spacial score (nSPS) is 11.5. The maximum absolute atomic E-state index is 12.2. The number of nitrogens with one attached hydrogen (secondary N) is 1. The number of rotatable bonds is 7. The van der Waals surface area contributed by atoms with Gasteiger partial charge in [-0.15, -0.1) is 0 Å². The molecule has 0 heterocycles. The Morgan fingerprint density at radius 1 is 1.42 bits per heavy atom. The number of nitrogens with zero attached hydrogens (tertiary/aromatic N) is 1. The maximum atomic E-state index is 12.2. The molecule has 19 heavy (non-hydrogen) atoms. The smallest absolute Gasteiger partial charge is 0.301 e. The monoisotopic (exact) mass is 288 g/mol. The lowest BCUT2D eigenvalue weighted by Gasteiger charge is -2.24. The van der Waals surface area contributed by atoms with Gasteiger partial charge in [0.1, 0.15) is 5.75 Å². The van der Waals surface area contributed by atoms with Crippen LogP contribution in [0.3, 0.4) is 0 Å². The molecule has 108 valence electrons. The van der Waals surface area contributed by atoms with Crippen LogP contribution in [0.15, 0.2) is 18.2 Å². The van der Waals surface area contributed by atoms with Gasteiger partial charge in [-0.2, -0.15) is 13.1 Å². The SMILES string of the molecule is CCN(c1cc(O)ccc1C)S(=O)(=O)NCCOC. The van der Waals surface area contributed by atoms with E-state index in [-0.39, 0.29) is 18.8 Å². The van der Waals surface area contributed by atoms with Gasteiger partial charge in [0.05, 0.1) is 12.3 Å². The average Bonchev–Trinajstić information content (AvgIpc) is 2.34. The van der Waals surface area contributed by atoms with Crippen LogP contribution in [0.25, 0.3) is 0 Å². The number of phenols is 1. The van der Waals surface area contributed by atoms with Gasteiger partial charge in [-0.25, -0.2) is 0 Å². The number of aryl methyl sites for hydroxylation is 1. The molecule has 0 atom stereocenters. The highest BCUT2D eigenvalue weighted by Gasteiger charge is 2.22. The molecule has 0 unspecified atom stereocenters. The van der Waals surface area contributed by atoms with Crippen molar-refractivity contribution >= 4 is 15.9 Å². The Bertz CT molecular complexity index is 516. The van der Waals surface area contributed by atoms with E-state index in [1.807, 2.05) is 0 Å². The van der Waals surface area contributed by atoms with Crippen LogP contribution < -0.4 is 9.03 Å². The predicted molar refractivity (Wildman–Crippen MR) is 74.7 cm³/mol. The first kappa shape index (κ1) is 15.7. The molecule has 0 fully saturated rings. The highest BCUT2D eigenvalue weighted by atomic mass is 32.2. The molecule has 6 nitrogen and oxygen atoms in total. The zero-order valence-corrected chi connectivity index (χ0v) is 12.2. The minimum Gasteiger partial charge on any atom is -0.508 e. The molecule has 0 aliphatic rings. The third kappa shape index (κ3) is 4.09. The van der Waals surface area contributed by atoms with E-state index in [4.69, 9.17) is 4.74 Å². The van der Waals surface area contributed by atoms with Crippen molar-refractivity contribution in [2.45, 2.75) is 13.8 Å². The molecule has 0 bridgehead atoms. The van der Waals surface area contributed by atoms with Gasteiger partial charge in [0, 0.05) is 26.3 Å². The van der Waals surface area contributed by atoms with Gasteiger partial charge < -0.3 is 9.84 Å². The number of phenolic OH excluding ortho intramolecular Hbond substituents is 1. The van der Waals surface area contributed by atoms with Crippen molar-refractivity contribution in [1.29, 1.82) is 0 Å². The van der Waals surface area contributed by atoms with Crippen LogP contribution in [0.1, 0.15) is 12.5 Å². The highest BCUT2D eigenvalue weighted by Crippen LogP contribution is 2.26. The van der Waals surface area contributed by atoms with Gasteiger partial charge in [-0.3, -0.25) is 4.31 Å². The van der Waals surface area contributed by atoms with Gasteiger partial charge in [0.25, 0.3) is 0 Å². The molecule has 0 saturated carbocycles. The van der Waals surface area contributed by atoms with E-state index < -0.39 is 10.2 Å². The van der Waals surface area contributed by atoms with E-state index in [1.165, 1.54) is 23.5 Å². The van der Waals surface area contributed by atoms with Crippen molar-refractivity contribution in [3.8, 4) is 5.75 Å². The topological polar surface area (TPSA) is 78.9 Å². The average molecular weight is 288 g/mol. The second kappa shape index (κ2) is 6.74. The molecule has 1 aromatic rings. The largest absolute Gasteiger partial charge is 0.508 e. The Hall–Kier alpha value is -1.31. The van der Waals surface area contributed by atoms with Crippen molar-refractivity contribution in [1.82, 2.24) is 4.72 Å². The molecule has 0 aliphatic heterocycles. The summed E-state index contributed by atoms with van der Waals surface area (Å²) >= 11 is 0. The van der Waals surface area contributed by atoms with Crippen molar-refractivity contribution in [3.63, 3.8) is 0 Å². The van der Waals surface area contributed by atoms with E-state index in [9.17, 15) is 13.5 Å². The first-order chi connectivity index (χ1) is 8.92. The Kier molecular flexibility index (Phi) is 5.59. The number of hydrogen-bond acceptors (Lipinski definition) is 4. The Labute approximate surface area is 114 Å². The molecule has 1 rings (SSSR count). The van der Waals surface area contributed by atoms with Gasteiger partial charge >= 0.3 is 10.2 Å². The van der Waals surface area contributed by atoms with Crippen LogP contribution in [-0.4, -0.2) is 40.3 Å². The minimum absolute atomic E-state index is 0.0335. The van der Waals surface area contributed by atoms with Crippen LogP contribution in [0.2, 0.25) is 0 Å². The molecule has 7 heteroatoms. The van der Waals surface area contributed by atoms with Crippen molar-refractivity contribution < 1.29 is 18.3 Å². The predicted octanol–water partition coefficient (Wildman–Crippen LogP) is 1.01. The molecule has 2 N–H and O–H groups in total. The van der Waals surface area contributed by atoms with Gasteiger partial charge in [0.15, 0.2) is 0 Å². The molecule has 0 saturated heterocycles. The first-order valence-corrected chi connectivity index (χ1v) is 7.42. The van der Waals surface area contributed by atoms with Gasteiger partial charge in [-0.1, -0.05) is 6.07 Å². The second-order valence-corrected chi connectivity index (χ2v) is 5.71. The number of hydrogen-bond donors (Lipinski definition) is 2. The summed E-state index contributed by atoms with van der Waals surface area (Å²) in [6.07, 6.45) is 0. The Morgan fingerprint density at radius 2 is 2.11 bits per heavy atom. The number of anilines is 1. The fourth-order valence-electron chi connectivity index (χ4n) is 1.69. The van der Waals surface area contributed by atoms with Gasteiger partial charge in [0.2, 0.25) is 0 Å². The fraction of sp³-hybridized carbons (Fsp3) is 0.500. The fourth-order valence-corrected chi connectivity index (χ4v) is 2.98. The van der Waals surface area contributed by atoms with Gasteiger partial charge in [-0.05, 0) is 25.5 Å². The van der Waals surface area contributed by atoms with Crippen LogP contribution in [0.4, 0.5) is 5.69 Å². The Morgan fingerprint density at radius 3 is 2.68 bits per heavy atom. The quantitative estimate of drug-likeness (QED) is 0.734. The summed E-state index contributed by atoms with van der Waals surface area (Å²) in [6, 6.07) is 4.64. The number of ether oxygens (including phenoxy) is 1. The van der Waals surface area contributed by atoms with Crippen LogP contribution >= 0.6 is 0 Å². The third-order valence-electron chi connectivity index (χ3n) is 2.63. The first-order valence-electron chi connectivity index (χ1n) is 5.98. The second-order valence-electron chi connectivity index (χ2n) is 4.03. The minimum atomic E-state index is -3.64. The summed E-state index contributed by atoms with van der Waals surface area (Å²) in [6.45, 7) is 4.30. The van der Waals surface area contributed by atoms with E-state index in [1.54, 1.807) is 19.9 Å². The van der Waals surface area contributed by atoms with Crippen molar-refractivity contribution in [2.24, 2.45) is 0 Å². The lowest BCUT2D eigenvalue weighted by molar-refractivity contribution is 0.204. The van der Waals surface area contributed by atoms with Crippen LogP contribution in [-0.2, 0) is 14.9 Å². The standard InChI is InChI=1S/C12H20N2O4S/c1-4-14(19(16,17)13-7-8-18-3)12-9-11(15)6-5-10(12)2/h5-6,9,13,15H,4,7-8H2,1-3H3. The Balaban J connectivity index is 3.02. The molecule has 0 aliphatic carbocycles. The van der Waals surface area contributed by atoms with E-state index in [0.29, 0.717) is 12.3 Å². The molecule has 0 spiro atoms. The summed E-state index contributed by atoms with van der Waals surface area (Å²) in [4.78, 5) is 0. The van der Waals surface area contributed by atoms with E-state index in [0.717, 1.165) is 5.56 Å². The molecule has 0 amide bonds. The van der Waals surface area contributed by atoms with Crippen molar-refractivity contribution in [3.05, 3.63) is 23.8 Å². The van der Waals surface area contributed by atoms with Crippen LogP contribution in [0.5, 0.6) is 5.75 Å². The van der Waals surface area contributed by atoms with Crippen molar-refractivity contribution in [2.75, 3.05) is 31.1 Å². The van der Waals surface area contributed by atoms with Crippen LogP contribution in [0, 0.1) is 6.92 Å². The van der Waals surface area contributed by atoms with E-state index >= 15 is 0 Å². The summed E-state index contributed by atoms with van der Waals surface area (Å²) in [7, 11) is -2.14. The maximum Gasteiger partial charge on any atom is 0.301 e. The molecule has 0 aromatic heterocycles. The number of aromatic hydroxyl groups is 1. The lowest BCUT2D eigenvalue weighted by atomic mass is 10.2. The van der Waals surface area contributed by atoms with E-state index in [2.05, 4.69) is 4.72 Å². The highest BCUT2D eigenvalue weighted by molar-refractivity contribution is 7.90. The summed E-state index contributed by atoms with van der Waals surface area (Å²) < 4.78 is 32.8. The molecular formula is C12H20N2O4S. The molecule has 0 radical (unpaired) electrons. The third-order valence-corrected chi connectivity index (χ3v) is 4.23. The number of methoxy groups -OCH3 is 1. The molecular weight excluding hydrogens is 268 g/mol. The summed E-state index contributed by atoms with van der Waals surface area (Å²) in [5.74, 6) is 0.0335. The summed E-state index contributed by atoms with van der Waals surface area (Å²) in [5, 5.41) is 9.50. The zero-order chi connectivity index (χ0) is 14.5. The summed E-state index contributed by atoms with van der Waals surface area (Å²) in [5.41, 5.74) is 1.24. The lowest BCUT2D eigenvalue weighted by Crippen LogP contribution is -2.42. The zero-order valence-electron chi connectivity index (χ0n) is 11.4.